The van der Waals surface area contributed by atoms with Crippen molar-refractivity contribution in [2.75, 3.05) is 18.4 Å². The first-order valence-electron chi connectivity index (χ1n) is 12.1. The molecule has 3 aromatic heterocycles. The maximum absolute atomic E-state index is 13.8. The van der Waals surface area contributed by atoms with Gasteiger partial charge in [-0.15, -0.1) is 0 Å². The Hall–Kier alpha value is -3.82. The van der Waals surface area contributed by atoms with Crippen LogP contribution in [0.4, 0.5) is 14.5 Å². The lowest BCUT2D eigenvalue weighted by Crippen LogP contribution is -2.42. The van der Waals surface area contributed by atoms with Gasteiger partial charge in [-0.05, 0) is 48.9 Å². The maximum Gasteiger partial charge on any atom is 0.274 e. The van der Waals surface area contributed by atoms with Crippen LogP contribution in [0.25, 0.3) is 31.8 Å². The van der Waals surface area contributed by atoms with Crippen LogP contribution in [0, 0.1) is 0 Å². The number of carbonyl (C=O) groups is 1. The zero-order valence-electron chi connectivity index (χ0n) is 19.8. The molecule has 6 rings (SSSR count). The number of pyridine rings is 2. The van der Waals surface area contributed by atoms with E-state index in [1.165, 1.54) is 11.3 Å². The molecule has 1 aliphatic rings. The number of carbonyl (C=O) groups excluding carboxylic acids is 1. The van der Waals surface area contributed by atoms with Crippen molar-refractivity contribution < 1.29 is 13.6 Å². The Bertz CT molecular complexity index is 1620. The average Bonchev–Trinajstić information content (AvgIpc) is 3.31. The van der Waals surface area contributed by atoms with E-state index < -0.39 is 5.92 Å². The Morgan fingerprint density at radius 2 is 1.86 bits per heavy atom. The molecule has 0 spiro atoms. The van der Waals surface area contributed by atoms with Gasteiger partial charge >= 0.3 is 0 Å². The summed E-state index contributed by atoms with van der Waals surface area (Å²) in [6, 6.07) is 20.6. The fourth-order valence-corrected chi connectivity index (χ4v) is 5.59. The van der Waals surface area contributed by atoms with Gasteiger partial charge in [-0.2, -0.15) is 0 Å². The van der Waals surface area contributed by atoms with Crippen LogP contribution in [-0.2, 0) is 6.54 Å². The van der Waals surface area contributed by atoms with Gasteiger partial charge in [0.15, 0.2) is 0 Å². The molecule has 1 fully saturated rings. The van der Waals surface area contributed by atoms with Crippen LogP contribution in [-0.4, -0.2) is 44.8 Å². The van der Waals surface area contributed by atoms with Crippen LogP contribution in [0.5, 0.6) is 0 Å². The van der Waals surface area contributed by atoms with Crippen molar-refractivity contribution >= 4 is 44.2 Å². The third kappa shape index (κ3) is 5.05. The molecule has 0 radical (unpaired) electrons. The van der Waals surface area contributed by atoms with Gasteiger partial charge in [-0.1, -0.05) is 47.7 Å². The number of anilines is 1. The molecule has 186 valence electrons. The lowest BCUT2D eigenvalue weighted by Gasteiger charge is -2.32. The van der Waals surface area contributed by atoms with E-state index in [4.69, 9.17) is 4.98 Å². The Labute approximate surface area is 216 Å². The summed E-state index contributed by atoms with van der Waals surface area (Å²) in [6.07, 6.45) is 2.17. The molecule has 0 unspecified atom stereocenters. The third-order valence-corrected chi connectivity index (χ3v) is 7.43. The predicted molar refractivity (Wildman–Crippen MR) is 142 cm³/mol. The lowest BCUT2D eigenvalue weighted by atomic mass is 10.1. The maximum atomic E-state index is 13.8. The SMILES string of the molecule is O=C(Nc1ccccc1-c1nc2cc(CN3CCCC(F)(F)C3)cnc2s1)c1ccc2ccccc2n1. The van der Waals surface area contributed by atoms with E-state index in [-0.39, 0.29) is 18.9 Å². The number of para-hydroxylation sites is 2. The Balaban J connectivity index is 1.25. The number of alkyl halides is 2. The van der Waals surface area contributed by atoms with Crippen LogP contribution in [0.15, 0.2) is 72.9 Å². The number of hydrogen-bond acceptors (Lipinski definition) is 6. The van der Waals surface area contributed by atoms with Crippen LogP contribution in [0.1, 0.15) is 28.9 Å². The highest BCUT2D eigenvalue weighted by Crippen LogP contribution is 2.34. The molecule has 0 bridgehead atoms. The van der Waals surface area contributed by atoms with E-state index in [0.717, 1.165) is 26.9 Å². The summed E-state index contributed by atoms with van der Waals surface area (Å²) in [5, 5.41) is 4.66. The topological polar surface area (TPSA) is 71.0 Å². The number of aromatic nitrogens is 3. The standard InChI is InChI=1S/C28H23F2N5OS/c29-28(30)12-5-13-35(17-28)16-18-14-24-27(31-15-18)37-26(34-24)20-7-2-4-9-22(20)33-25(36)23-11-10-19-6-1-3-8-21(19)32-23/h1-4,6-11,14-15H,5,12-13,16-17H2,(H,33,36). The number of hydrogen-bond donors (Lipinski definition) is 1. The Morgan fingerprint density at radius 1 is 1.03 bits per heavy atom. The Morgan fingerprint density at radius 3 is 2.76 bits per heavy atom. The zero-order chi connectivity index (χ0) is 25.4. The number of likely N-dealkylation sites (tertiary alicyclic amines) is 1. The predicted octanol–water partition coefficient (Wildman–Crippen LogP) is 6.39. The van der Waals surface area contributed by atoms with Gasteiger partial charge in [0, 0.05) is 30.1 Å². The lowest BCUT2D eigenvalue weighted by molar-refractivity contribution is -0.0661. The summed E-state index contributed by atoms with van der Waals surface area (Å²) >= 11 is 1.42. The fraction of sp³-hybridized carbons (Fsp3) is 0.214. The van der Waals surface area contributed by atoms with E-state index in [9.17, 15) is 13.6 Å². The summed E-state index contributed by atoms with van der Waals surface area (Å²) in [7, 11) is 0. The van der Waals surface area contributed by atoms with Gasteiger partial charge in [0.1, 0.15) is 21.0 Å². The summed E-state index contributed by atoms with van der Waals surface area (Å²) in [5.74, 6) is -2.95. The number of amides is 1. The van der Waals surface area contributed by atoms with Crippen LogP contribution < -0.4 is 5.32 Å². The summed E-state index contributed by atoms with van der Waals surface area (Å²) in [5.41, 5.74) is 4.04. The number of piperidine rings is 1. The first-order valence-corrected chi connectivity index (χ1v) is 12.9. The van der Waals surface area contributed by atoms with Gasteiger partial charge in [-0.25, -0.2) is 23.7 Å². The number of halogens is 2. The highest BCUT2D eigenvalue weighted by molar-refractivity contribution is 7.21. The zero-order valence-corrected chi connectivity index (χ0v) is 20.6. The average molecular weight is 516 g/mol. The van der Waals surface area contributed by atoms with E-state index in [0.29, 0.717) is 41.4 Å². The summed E-state index contributed by atoms with van der Waals surface area (Å²) in [4.78, 5) is 29.4. The molecule has 0 aliphatic carbocycles. The van der Waals surface area contributed by atoms with Crippen molar-refractivity contribution in [2.24, 2.45) is 0 Å². The molecule has 1 amide bonds. The molecule has 37 heavy (non-hydrogen) atoms. The number of thiazole rings is 1. The van der Waals surface area contributed by atoms with Gasteiger partial charge in [0.05, 0.1) is 17.7 Å². The molecule has 1 saturated heterocycles. The van der Waals surface area contributed by atoms with Crippen LogP contribution in [0.3, 0.4) is 0 Å². The molecule has 1 aliphatic heterocycles. The molecule has 0 atom stereocenters. The molecule has 4 heterocycles. The number of nitrogens with one attached hydrogen (secondary N) is 1. The van der Waals surface area contributed by atoms with Crippen LogP contribution in [0.2, 0.25) is 0 Å². The van der Waals surface area contributed by atoms with Gasteiger partial charge < -0.3 is 5.32 Å². The number of benzene rings is 2. The van der Waals surface area contributed by atoms with Crippen molar-refractivity contribution in [1.29, 1.82) is 0 Å². The van der Waals surface area contributed by atoms with Gasteiger partial charge in [-0.3, -0.25) is 9.69 Å². The van der Waals surface area contributed by atoms with Crippen molar-refractivity contribution in [1.82, 2.24) is 19.9 Å². The summed E-state index contributed by atoms with van der Waals surface area (Å²) < 4.78 is 27.6. The number of nitrogens with zero attached hydrogens (tertiary/aromatic N) is 4. The van der Waals surface area contributed by atoms with Gasteiger partial charge in [0.25, 0.3) is 11.8 Å². The third-order valence-electron chi connectivity index (χ3n) is 6.42. The number of rotatable bonds is 5. The summed E-state index contributed by atoms with van der Waals surface area (Å²) in [6.45, 7) is 0.832. The van der Waals surface area contributed by atoms with E-state index >= 15 is 0 Å². The first kappa shape index (κ1) is 23.6. The highest BCUT2D eigenvalue weighted by atomic mass is 32.1. The van der Waals surface area contributed by atoms with Crippen molar-refractivity contribution in [3.8, 4) is 10.6 Å². The molecule has 5 aromatic rings. The second-order valence-corrected chi connectivity index (χ2v) is 10.2. The van der Waals surface area contributed by atoms with E-state index in [1.54, 1.807) is 17.2 Å². The molecule has 1 N–H and O–H groups in total. The highest BCUT2D eigenvalue weighted by Gasteiger charge is 2.35. The second kappa shape index (κ2) is 9.57. The fourth-order valence-electron chi connectivity index (χ4n) is 4.66. The quantitative estimate of drug-likeness (QED) is 0.294. The molecular formula is C28H23F2N5OS. The largest absolute Gasteiger partial charge is 0.320 e. The minimum atomic E-state index is -2.64. The van der Waals surface area contributed by atoms with Crippen molar-refractivity contribution in [3.63, 3.8) is 0 Å². The smallest absolute Gasteiger partial charge is 0.274 e. The van der Waals surface area contributed by atoms with Crippen molar-refractivity contribution in [3.05, 3.63) is 84.2 Å². The van der Waals surface area contributed by atoms with Crippen molar-refractivity contribution in [2.45, 2.75) is 25.3 Å². The Kier molecular flexibility index (Phi) is 6.10. The second-order valence-electron chi connectivity index (χ2n) is 9.25. The molecular weight excluding hydrogens is 492 g/mol. The minimum Gasteiger partial charge on any atom is -0.320 e. The van der Waals surface area contributed by atoms with Gasteiger partial charge in [0.2, 0.25) is 0 Å². The minimum absolute atomic E-state index is 0.0525. The molecule has 0 saturated carbocycles. The van der Waals surface area contributed by atoms with E-state index in [2.05, 4.69) is 15.3 Å². The molecule has 2 aromatic carbocycles. The first-order chi connectivity index (χ1) is 17.9. The molecule has 6 nitrogen and oxygen atoms in total. The van der Waals surface area contributed by atoms with Crippen LogP contribution >= 0.6 is 11.3 Å². The van der Waals surface area contributed by atoms with E-state index in [1.807, 2.05) is 60.7 Å². The molecule has 9 heteroatoms. The monoisotopic (exact) mass is 515 g/mol. The number of fused-ring (bicyclic) bond motifs is 2. The normalized spacial score (nSPS) is 15.7.